The summed E-state index contributed by atoms with van der Waals surface area (Å²) in [6, 6.07) is 15.9. The Hall–Kier alpha value is -4.70. The molecule has 11 heteroatoms. The third-order valence-corrected chi connectivity index (χ3v) is 10.3. The minimum absolute atomic E-state index is 0.0344. The molecule has 4 bridgehead atoms. The van der Waals surface area contributed by atoms with E-state index in [2.05, 4.69) is 5.32 Å². The molecule has 4 aliphatic carbocycles. The van der Waals surface area contributed by atoms with Crippen LogP contribution >= 0.6 is 11.6 Å². The number of carbonyl (C=O) groups is 3. The van der Waals surface area contributed by atoms with Crippen molar-refractivity contribution in [2.24, 2.45) is 17.8 Å². The summed E-state index contributed by atoms with van der Waals surface area (Å²) < 4.78 is 11.3. The molecule has 236 valence electrons. The van der Waals surface area contributed by atoms with Gasteiger partial charge in [-0.2, -0.15) is 0 Å². The Morgan fingerprint density at radius 3 is 2.20 bits per heavy atom. The van der Waals surface area contributed by atoms with Crippen LogP contribution in [0.5, 0.6) is 11.5 Å². The fraction of sp³-hybridized carbons (Fsp3) is 0.343. The number of rotatable bonds is 8. The van der Waals surface area contributed by atoms with E-state index in [4.69, 9.17) is 21.1 Å². The van der Waals surface area contributed by atoms with E-state index in [-0.39, 0.29) is 39.8 Å². The summed E-state index contributed by atoms with van der Waals surface area (Å²) in [5, 5.41) is 13.4. The number of imide groups is 2. The van der Waals surface area contributed by atoms with E-state index < -0.39 is 22.8 Å². The zero-order chi connectivity index (χ0) is 32.2. The molecule has 0 radical (unpaired) electrons. The number of anilines is 1. The molecule has 1 N–H and O–H groups in total. The van der Waals surface area contributed by atoms with Crippen LogP contribution in [0.2, 0.25) is 5.02 Å². The lowest BCUT2D eigenvalue weighted by molar-refractivity contribution is -0.384. The van der Waals surface area contributed by atoms with Gasteiger partial charge in [-0.3, -0.25) is 25.0 Å². The number of nitrogens with one attached hydrogen (secondary N) is 1. The molecule has 1 heterocycles. The monoisotopic (exact) mass is 641 g/mol. The van der Waals surface area contributed by atoms with Crippen LogP contribution in [0.15, 0.2) is 66.2 Å². The highest BCUT2D eigenvalue weighted by molar-refractivity contribution is 6.39. The summed E-state index contributed by atoms with van der Waals surface area (Å²) in [5.41, 5.74) is 2.63. The summed E-state index contributed by atoms with van der Waals surface area (Å²) in [6.45, 7) is 0.0636. The van der Waals surface area contributed by atoms with Crippen LogP contribution in [-0.2, 0) is 21.6 Å². The van der Waals surface area contributed by atoms with Crippen LogP contribution < -0.4 is 19.7 Å². The molecule has 5 fully saturated rings. The highest BCUT2D eigenvalue weighted by Gasteiger charge is 2.51. The van der Waals surface area contributed by atoms with Crippen molar-refractivity contribution in [2.45, 2.75) is 50.5 Å². The number of benzene rings is 3. The highest BCUT2D eigenvalue weighted by atomic mass is 35.5. The van der Waals surface area contributed by atoms with Crippen molar-refractivity contribution >= 4 is 46.9 Å². The number of ether oxygens (including phenoxy) is 2. The number of nitro groups is 1. The molecule has 5 aliphatic rings. The van der Waals surface area contributed by atoms with Gasteiger partial charge in [0.1, 0.15) is 12.2 Å². The third-order valence-electron chi connectivity index (χ3n) is 9.97. The van der Waals surface area contributed by atoms with E-state index in [0.717, 1.165) is 22.7 Å². The SMILES string of the molecule is COc1cc(/C=C2\C(=O)NC(=O)N(c3ccc(C45CC6CC(CC(C6)C4)C5)cc3)C2=O)cc(Cl)c1OCc1ccc([N+](=O)[O-])cc1. The van der Waals surface area contributed by atoms with Gasteiger partial charge in [0.15, 0.2) is 11.5 Å². The second-order valence-electron chi connectivity index (χ2n) is 12.9. The van der Waals surface area contributed by atoms with Gasteiger partial charge in [0.2, 0.25) is 0 Å². The molecule has 0 spiro atoms. The molecule has 10 nitrogen and oxygen atoms in total. The standard InChI is InChI=1S/C35H32ClN3O7/c1-45-30-15-21(14-29(36)31(30)46-19-20-2-6-27(7-3-20)39(43)44)13-28-32(40)37-34(42)38(33(28)41)26-8-4-25(5-9-26)35-16-22-10-23(17-35)12-24(11-22)18-35/h2-9,13-15,22-24H,10-12,16-19H2,1H3,(H,37,40,42)/b28-13+. The predicted octanol–water partition coefficient (Wildman–Crippen LogP) is 6.97. The molecule has 1 saturated heterocycles. The van der Waals surface area contributed by atoms with Gasteiger partial charge in [-0.05, 0) is 121 Å². The van der Waals surface area contributed by atoms with Gasteiger partial charge < -0.3 is 9.47 Å². The highest BCUT2D eigenvalue weighted by Crippen LogP contribution is 2.60. The molecule has 4 saturated carbocycles. The molecule has 46 heavy (non-hydrogen) atoms. The summed E-state index contributed by atoms with van der Waals surface area (Å²) in [6.07, 6.45) is 9.00. The Kier molecular flexibility index (Phi) is 7.55. The van der Waals surface area contributed by atoms with Crippen molar-refractivity contribution in [1.82, 2.24) is 5.32 Å². The van der Waals surface area contributed by atoms with E-state index >= 15 is 0 Å². The smallest absolute Gasteiger partial charge is 0.335 e. The molecular weight excluding hydrogens is 610 g/mol. The average Bonchev–Trinajstić information content (AvgIpc) is 3.02. The predicted molar refractivity (Wildman–Crippen MR) is 171 cm³/mol. The number of halogens is 1. The van der Waals surface area contributed by atoms with Gasteiger partial charge >= 0.3 is 6.03 Å². The molecule has 8 rings (SSSR count). The Bertz CT molecular complexity index is 1750. The number of amides is 4. The molecular formula is C35H32ClN3O7. The van der Waals surface area contributed by atoms with Crippen molar-refractivity contribution in [3.8, 4) is 11.5 Å². The molecule has 1 aliphatic heterocycles. The number of urea groups is 1. The van der Waals surface area contributed by atoms with Gasteiger partial charge in [-0.15, -0.1) is 0 Å². The maximum Gasteiger partial charge on any atom is 0.335 e. The van der Waals surface area contributed by atoms with Gasteiger partial charge in [0.25, 0.3) is 17.5 Å². The number of methoxy groups -OCH3 is 1. The second kappa shape index (κ2) is 11.6. The second-order valence-corrected chi connectivity index (χ2v) is 13.4. The fourth-order valence-corrected chi connectivity index (χ4v) is 8.59. The van der Waals surface area contributed by atoms with Gasteiger partial charge in [-0.25, -0.2) is 9.69 Å². The zero-order valence-electron chi connectivity index (χ0n) is 25.2. The van der Waals surface area contributed by atoms with Crippen molar-refractivity contribution < 1.29 is 28.8 Å². The van der Waals surface area contributed by atoms with Gasteiger partial charge in [0, 0.05) is 12.1 Å². The molecule has 0 atom stereocenters. The Morgan fingerprint density at radius 1 is 0.978 bits per heavy atom. The van der Waals surface area contributed by atoms with Crippen LogP contribution in [-0.4, -0.2) is 29.9 Å². The van der Waals surface area contributed by atoms with E-state index in [1.165, 1.54) is 75.5 Å². The van der Waals surface area contributed by atoms with Crippen LogP contribution in [0.4, 0.5) is 16.2 Å². The summed E-state index contributed by atoms with van der Waals surface area (Å²) in [7, 11) is 1.42. The lowest BCUT2D eigenvalue weighted by Gasteiger charge is -2.57. The molecule has 0 unspecified atom stereocenters. The van der Waals surface area contributed by atoms with Crippen molar-refractivity contribution in [3.63, 3.8) is 0 Å². The zero-order valence-corrected chi connectivity index (χ0v) is 25.9. The van der Waals surface area contributed by atoms with E-state index in [1.54, 1.807) is 30.3 Å². The number of barbiturate groups is 1. The van der Waals surface area contributed by atoms with Gasteiger partial charge in [0.05, 0.1) is 22.7 Å². The van der Waals surface area contributed by atoms with Crippen LogP contribution in [0.3, 0.4) is 0 Å². The molecule has 0 aromatic heterocycles. The van der Waals surface area contributed by atoms with Crippen molar-refractivity contribution in [2.75, 3.05) is 12.0 Å². The number of carbonyl (C=O) groups excluding carboxylic acids is 3. The first-order valence-electron chi connectivity index (χ1n) is 15.4. The summed E-state index contributed by atoms with van der Waals surface area (Å²) in [5.74, 6) is 1.29. The number of nitrogens with zero attached hydrogens (tertiary/aromatic N) is 2. The lowest BCUT2D eigenvalue weighted by Crippen LogP contribution is -2.54. The maximum atomic E-state index is 13.6. The molecule has 4 amide bonds. The topological polar surface area (TPSA) is 128 Å². The largest absolute Gasteiger partial charge is 0.493 e. The van der Waals surface area contributed by atoms with Gasteiger partial charge in [-0.1, -0.05) is 23.7 Å². The number of hydrogen-bond acceptors (Lipinski definition) is 7. The van der Waals surface area contributed by atoms with Crippen LogP contribution in [0.25, 0.3) is 6.08 Å². The normalized spacial score (nSPS) is 26.0. The van der Waals surface area contributed by atoms with Crippen molar-refractivity contribution in [3.05, 3.63) is 98.1 Å². The Labute approximate surface area is 270 Å². The van der Waals surface area contributed by atoms with E-state index in [1.807, 2.05) is 12.1 Å². The quantitative estimate of drug-likeness (QED) is 0.122. The first-order valence-corrected chi connectivity index (χ1v) is 15.8. The van der Waals surface area contributed by atoms with E-state index in [9.17, 15) is 24.5 Å². The summed E-state index contributed by atoms with van der Waals surface area (Å²) in [4.78, 5) is 50.8. The third kappa shape index (κ3) is 5.40. The Balaban J connectivity index is 1.11. The number of hydrogen-bond donors (Lipinski definition) is 1. The van der Waals surface area contributed by atoms with E-state index in [0.29, 0.717) is 16.8 Å². The average molecular weight is 642 g/mol. The maximum absolute atomic E-state index is 13.6. The lowest BCUT2D eigenvalue weighted by atomic mass is 9.48. The summed E-state index contributed by atoms with van der Waals surface area (Å²) >= 11 is 6.54. The first-order chi connectivity index (χ1) is 22.1. The first kappa shape index (κ1) is 30.0. The minimum atomic E-state index is -0.815. The number of nitro benzene ring substituents is 1. The molecule has 3 aromatic carbocycles. The fourth-order valence-electron chi connectivity index (χ4n) is 8.32. The van der Waals surface area contributed by atoms with Crippen LogP contribution in [0, 0.1) is 27.9 Å². The van der Waals surface area contributed by atoms with Crippen LogP contribution in [0.1, 0.15) is 55.2 Å². The number of non-ortho nitro benzene ring substituents is 1. The minimum Gasteiger partial charge on any atom is -0.493 e. The Morgan fingerprint density at radius 2 is 1.61 bits per heavy atom. The van der Waals surface area contributed by atoms with Crippen molar-refractivity contribution in [1.29, 1.82) is 0 Å². The molecule has 3 aromatic rings.